The van der Waals surface area contributed by atoms with Gasteiger partial charge in [0.15, 0.2) is 11.9 Å². The van der Waals surface area contributed by atoms with Crippen molar-refractivity contribution in [2.24, 2.45) is 23.7 Å². The highest BCUT2D eigenvalue weighted by molar-refractivity contribution is 7.99. The van der Waals surface area contributed by atoms with E-state index in [1.807, 2.05) is 19.1 Å². The average molecular weight is 435 g/mol. The van der Waals surface area contributed by atoms with Crippen LogP contribution in [0.1, 0.15) is 56.8 Å². The summed E-state index contributed by atoms with van der Waals surface area (Å²) in [6.45, 7) is 6.53. The van der Waals surface area contributed by atoms with Gasteiger partial charge in [-0.25, -0.2) is 14.6 Å². The molecule has 8 atom stereocenters. The summed E-state index contributed by atoms with van der Waals surface area (Å²) in [7, 11) is 1.39. The van der Waals surface area contributed by atoms with Gasteiger partial charge in [-0.2, -0.15) is 0 Å². The van der Waals surface area contributed by atoms with Crippen LogP contribution in [0.3, 0.4) is 0 Å². The number of hydrogen-bond donors (Lipinski definition) is 0. The highest BCUT2D eigenvalue weighted by Crippen LogP contribution is 2.61. The molecular weight excluding hydrogens is 404 g/mol. The van der Waals surface area contributed by atoms with Gasteiger partial charge in [0.1, 0.15) is 5.44 Å². The van der Waals surface area contributed by atoms with Crippen LogP contribution in [0, 0.1) is 23.7 Å². The van der Waals surface area contributed by atoms with Gasteiger partial charge in [0.25, 0.3) is 0 Å². The Kier molecular flexibility index (Phi) is 5.18. The zero-order chi connectivity index (χ0) is 21.1. The highest BCUT2D eigenvalue weighted by atomic mass is 32.2. The van der Waals surface area contributed by atoms with Crippen molar-refractivity contribution in [1.29, 1.82) is 0 Å². The van der Waals surface area contributed by atoms with Gasteiger partial charge < -0.3 is 14.2 Å². The van der Waals surface area contributed by atoms with E-state index in [4.69, 9.17) is 24.0 Å². The van der Waals surface area contributed by atoms with Crippen LogP contribution in [0.2, 0.25) is 0 Å². The average Bonchev–Trinajstić information content (AvgIpc) is 2.98. The zero-order valence-corrected chi connectivity index (χ0v) is 18.8. The molecule has 1 spiro atoms. The fraction of sp³-hybridized carbons (Fsp3) is 0.696. The van der Waals surface area contributed by atoms with Gasteiger partial charge in [-0.05, 0) is 68.2 Å². The van der Waals surface area contributed by atoms with Crippen LogP contribution in [-0.2, 0) is 24.0 Å². The second-order valence-electron chi connectivity index (χ2n) is 9.41. The minimum atomic E-state index is -0.754. The maximum absolute atomic E-state index is 11.7. The molecule has 1 aliphatic carbocycles. The summed E-state index contributed by atoms with van der Waals surface area (Å²) in [6, 6.07) is 7.49. The molecule has 1 saturated carbocycles. The van der Waals surface area contributed by atoms with Crippen LogP contribution < -0.4 is 0 Å². The third kappa shape index (κ3) is 3.13. The first kappa shape index (κ1) is 20.8. The molecule has 5 aliphatic rings. The second-order valence-corrected chi connectivity index (χ2v) is 10.6. The molecule has 7 heteroatoms. The number of fused-ring (bicyclic) bond motifs is 2. The van der Waals surface area contributed by atoms with Crippen molar-refractivity contribution in [1.82, 2.24) is 0 Å². The fourth-order valence-corrected chi connectivity index (χ4v) is 7.05. The van der Waals surface area contributed by atoms with Gasteiger partial charge in [-0.3, -0.25) is 0 Å². The summed E-state index contributed by atoms with van der Waals surface area (Å²) >= 11 is 1.68. The van der Waals surface area contributed by atoms with E-state index < -0.39 is 17.7 Å². The smallest absolute Gasteiger partial charge is 0.337 e. The SMILES string of the molecule is COC(=O)c1ccc(S[C@@H]2O[C@@H]3O[C@@]4(C)CC[C@H]5[C@H](C)CC[C@@H]([C@H]2C)[C@@]35OO4)cc1. The lowest BCUT2D eigenvalue weighted by Gasteiger charge is -2.60. The molecule has 1 aromatic rings. The topological polar surface area (TPSA) is 63.2 Å². The molecular formula is C23H30O6S. The predicted octanol–water partition coefficient (Wildman–Crippen LogP) is 4.77. The molecule has 6 nitrogen and oxygen atoms in total. The lowest BCUT2D eigenvalue weighted by Crippen LogP contribution is -2.70. The minimum Gasteiger partial charge on any atom is -0.465 e. The van der Waals surface area contributed by atoms with Crippen LogP contribution in [0.4, 0.5) is 0 Å². The molecule has 4 aliphatic heterocycles. The summed E-state index contributed by atoms with van der Waals surface area (Å²) in [5.74, 6) is 0.435. The Morgan fingerprint density at radius 1 is 1.10 bits per heavy atom. The van der Waals surface area contributed by atoms with E-state index in [0.717, 1.165) is 24.2 Å². The molecule has 30 heavy (non-hydrogen) atoms. The van der Waals surface area contributed by atoms with E-state index in [1.165, 1.54) is 13.5 Å². The highest BCUT2D eigenvalue weighted by Gasteiger charge is 2.69. The van der Waals surface area contributed by atoms with E-state index in [2.05, 4.69) is 13.8 Å². The normalized spacial score (nSPS) is 44.8. The fourth-order valence-electron chi connectivity index (χ4n) is 5.93. The van der Waals surface area contributed by atoms with Gasteiger partial charge in [0.05, 0.1) is 12.7 Å². The Bertz CT molecular complexity index is 814. The van der Waals surface area contributed by atoms with Crippen LogP contribution in [-0.4, -0.2) is 36.2 Å². The van der Waals surface area contributed by atoms with Crippen LogP contribution in [0.25, 0.3) is 0 Å². The van der Waals surface area contributed by atoms with Crippen molar-refractivity contribution >= 4 is 17.7 Å². The van der Waals surface area contributed by atoms with Crippen molar-refractivity contribution < 1.29 is 28.8 Å². The molecule has 6 rings (SSSR count). The lowest BCUT2D eigenvalue weighted by molar-refractivity contribution is -0.568. The van der Waals surface area contributed by atoms with Crippen molar-refractivity contribution in [3.63, 3.8) is 0 Å². The predicted molar refractivity (Wildman–Crippen MR) is 110 cm³/mol. The quantitative estimate of drug-likeness (QED) is 0.501. The monoisotopic (exact) mass is 434 g/mol. The van der Waals surface area contributed by atoms with Crippen molar-refractivity contribution in [3.8, 4) is 0 Å². The molecule has 0 radical (unpaired) electrons. The number of ether oxygens (including phenoxy) is 3. The molecule has 0 amide bonds. The largest absolute Gasteiger partial charge is 0.465 e. The molecule has 4 saturated heterocycles. The van der Waals surface area contributed by atoms with Crippen LogP contribution >= 0.6 is 11.8 Å². The maximum Gasteiger partial charge on any atom is 0.337 e. The number of rotatable bonds is 3. The number of carbonyl (C=O) groups excluding carboxylic acids is 1. The third-order valence-corrected chi connectivity index (χ3v) is 8.94. The van der Waals surface area contributed by atoms with E-state index in [0.29, 0.717) is 23.3 Å². The van der Waals surface area contributed by atoms with Crippen LogP contribution in [0.5, 0.6) is 0 Å². The Morgan fingerprint density at radius 3 is 2.60 bits per heavy atom. The third-order valence-electron chi connectivity index (χ3n) is 7.62. The van der Waals surface area contributed by atoms with Gasteiger partial charge in [-0.1, -0.05) is 25.6 Å². The molecule has 0 aromatic heterocycles. The zero-order valence-electron chi connectivity index (χ0n) is 18.0. The minimum absolute atomic E-state index is 0.0600. The van der Waals surface area contributed by atoms with Crippen molar-refractivity contribution in [2.45, 2.75) is 74.5 Å². The molecule has 164 valence electrons. The maximum atomic E-state index is 11.7. The van der Waals surface area contributed by atoms with E-state index in [1.54, 1.807) is 23.9 Å². The Morgan fingerprint density at radius 2 is 1.87 bits per heavy atom. The second kappa shape index (κ2) is 7.48. The first-order valence-electron chi connectivity index (χ1n) is 10.9. The first-order valence-corrected chi connectivity index (χ1v) is 11.8. The van der Waals surface area contributed by atoms with Gasteiger partial charge >= 0.3 is 5.97 Å². The first-order chi connectivity index (χ1) is 14.4. The number of benzene rings is 1. The number of carbonyl (C=O) groups is 1. The molecule has 5 fully saturated rings. The van der Waals surface area contributed by atoms with Gasteiger partial charge in [-0.15, -0.1) is 0 Å². The number of methoxy groups -OCH3 is 1. The van der Waals surface area contributed by atoms with E-state index in [9.17, 15) is 4.79 Å². The Labute approximate surface area is 181 Å². The number of thioether (sulfide) groups is 1. The van der Waals surface area contributed by atoms with Crippen molar-refractivity contribution in [2.75, 3.05) is 7.11 Å². The summed E-state index contributed by atoms with van der Waals surface area (Å²) < 4.78 is 17.8. The van der Waals surface area contributed by atoms with Gasteiger partial charge in [0, 0.05) is 17.2 Å². The van der Waals surface area contributed by atoms with Gasteiger partial charge in [0.2, 0.25) is 5.79 Å². The molecule has 4 heterocycles. The number of esters is 1. The Balaban J connectivity index is 1.42. The number of hydrogen-bond acceptors (Lipinski definition) is 7. The van der Waals surface area contributed by atoms with Crippen molar-refractivity contribution in [3.05, 3.63) is 29.8 Å². The van der Waals surface area contributed by atoms with Crippen LogP contribution in [0.15, 0.2) is 29.2 Å². The van der Waals surface area contributed by atoms with E-state index in [-0.39, 0.29) is 17.3 Å². The summed E-state index contributed by atoms with van der Waals surface area (Å²) in [6.07, 6.45) is 3.70. The molecule has 2 bridgehead atoms. The Hall–Kier alpha value is -1.12. The molecule has 0 N–H and O–H groups in total. The molecule has 0 unspecified atom stereocenters. The van der Waals surface area contributed by atoms with E-state index >= 15 is 0 Å². The summed E-state index contributed by atoms with van der Waals surface area (Å²) in [5, 5.41) is 0. The molecule has 1 aromatic carbocycles. The summed E-state index contributed by atoms with van der Waals surface area (Å²) in [4.78, 5) is 24.8. The standard InChI is InChI=1S/C23H30O6S/c1-13-5-10-18-14(2)20(30-16-8-6-15(7-9-16)19(24)25-4)26-21-23(18)17(13)11-12-22(3,27-21)28-29-23/h6-9,13-14,17-18,20-21H,5,10-12H2,1-4H3/t13-,14-,17+,18+,20+,21-,22-,23-/m1/s1. The lowest BCUT2D eigenvalue weighted by atomic mass is 9.58. The summed E-state index contributed by atoms with van der Waals surface area (Å²) in [5.41, 5.74) is -0.0422.